The van der Waals surface area contributed by atoms with Crippen molar-refractivity contribution in [2.45, 2.75) is 5.41 Å². The van der Waals surface area contributed by atoms with Crippen molar-refractivity contribution in [2.75, 3.05) is 4.90 Å². The molecule has 0 aliphatic heterocycles. The van der Waals surface area contributed by atoms with Crippen LogP contribution in [-0.4, -0.2) is 0 Å². The van der Waals surface area contributed by atoms with Gasteiger partial charge in [0.1, 0.15) is 0 Å². The van der Waals surface area contributed by atoms with Gasteiger partial charge in [-0.3, -0.25) is 0 Å². The lowest BCUT2D eigenvalue weighted by Crippen LogP contribution is -2.28. The first kappa shape index (κ1) is 34.3. The van der Waals surface area contributed by atoms with E-state index in [0.29, 0.717) is 0 Å². The van der Waals surface area contributed by atoms with Gasteiger partial charge in [0.25, 0.3) is 0 Å². The number of hydrogen-bond donors (Lipinski definition) is 0. The molecule has 0 fully saturated rings. The minimum Gasteiger partial charge on any atom is -0.310 e. The van der Waals surface area contributed by atoms with E-state index in [2.05, 4.69) is 241 Å². The molecule has 1 nitrogen and oxygen atoms in total. The molecule has 0 saturated heterocycles. The molecule has 60 heavy (non-hydrogen) atoms. The zero-order valence-corrected chi connectivity index (χ0v) is 33.0. The van der Waals surface area contributed by atoms with E-state index in [9.17, 15) is 0 Å². The number of nitrogens with zero attached hydrogens (tertiary/aromatic N) is 1. The standard InChI is InChI=1S/C59H39N/c1-4-16-40(17-5-1)53-26-14-27-54-57(53)58-55(59(54,45-20-6-2-7-21-45)46-22-8-3-9-23-46)28-15-29-56(58)60(47-34-36-51-43(38-47)32-30-41-18-10-12-24-49(41)51)48-35-37-52-44(39-48)33-31-42-19-11-13-25-50(42)52/h1-39H. The predicted molar refractivity (Wildman–Crippen MR) is 254 cm³/mol. The van der Waals surface area contributed by atoms with E-state index >= 15 is 0 Å². The lowest BCUT2D eigenvalue weighted by Gasteiger charge is -2.34. The summed E-state index contributed by atoms with van der Waals surface area (Å²) in [5.41, 5.74) is 12.8. The molecule has 0 radical (unpaired) electrons. The fraction of sp³-hybridized carbons (Fsp3) is 0.0169. The lowest BCUT2D eigenvalue weighted by molar-refractivity contribution is 0.768. The van der Waals surface area contributed by atoms with Gasteiger partial charge in [-0.2, -0.15) is 0 Å². The number of rotatable bonds is 6. The van der Waals surface area contributed by atoms with Crippen LogP contribution in [0.15, 0.2) is 237 Å². The second kappa shape index (κ2) is 13.7. The monoisotopic (exact) mass is 761 g/mol. The van der Waals surface area contributed by atoms with Gasteiger partial charge in [0.2, 0.25) is 0 Å². The molecule has 0 aromatic heterocycles. The summed E-state index contributed by atoms with van der Waals surface area (Å²) in [5, 5.41) is 9.97. The average molecular weight is 762 g/mol. The van der Waals surface area contributed by atoms with Gasteiger partial charge in [0.15, 0.2) is 0 Å². The maximum atomic E-state index is 2.51. The van der Waals surface area contributed by atoms with Crippen LogP contribution in [0.4, 0.5) is 17.1 Å². The minimum absolute atomic E-state index is 0.565. The third-order valence-electron chi connectivity index (χ3n) is 12.9. The molecule has 0 heterocycles. The molecule has 0 bridgehead atoms. The summed E-state index contributed by atoms with van der Waals surface area (Å²) in [4.78, 5) is 2.51. The fourth-order valence-corrected chi connectivity index (χ4v) is 10.3. The van der Waals surface area contributed by atoms with Crippen molar-refractivity contribution in [1.82, 2.24) is 0 Å². The van der Waals surface area contributed by atoms with E-state index < -0.39 is 5.41 Å². The van der Waals surface area contributed by atoms with Crippen molar-refractivity contribution in [3.8, 4) is 22.3 Å². The topological polar surface area (TPSA) is 3.24 Å². The third-order valence-corrected chi connectivity index (χ3v) is 12.9. The van der Waals surface area contributed by atoms with Crippen LogP contribution < -0.4 is 4.90 Å². The average Bonchev–Trinajstić information content (AvgIpc) is 3.64. The molecule has 0 saturated carbocycles. The summed E-state index contributed by atoms with van der Waals surface area (Å²) < 4.78 is 0. The molecule has 11 aromatic rings. The summed E-state index contributed by atoms with van der Waals surface area (Å²) in [5.74, 6) is 0. The van der Waals surface area contributed by atoms with E-state index in [1.54, 1.807) is 0 Å². The van der Waals surface area contributed by atoms with Gasteiger partial charge < -0.3 is 4.90 Å². The normalized spacial score (nSPS) is 12.8. The first-order chi connectivity index (χ1) is 29.8. The van der Waals surface area contributed by atoms with Crippen LogP contribution in [0.3, 0.4) is 0 Å². The Morgan fingerprint density at radius 2 is 0.750 bits per heavy atom. The van der Waals surface area contributed by atoms with Crippen LogP contribution in [-0.2, 0) is 5.41 Å². The molecular formula is C59H39N. The SMILES string of the molecule is c1ccc(-c2cccc3c2-c2c(N(c4ccc5c(ccc6ccccc65)c4)c4ccc5c(ccc6ccccc65)c4)cccc2C3(c2ccccc2)c2ccccc2)cc1. The van der Waals surface area contributed by atoms with Crippen LogP contribution in [0.25, 0.3) is 65.3 Å². The van der Waals surface area contributed by atoms with Crippen LogP contribution >= 0.6 is 0 Å². The van der Waals surface area contributed by atoms with Gasteiger partial charge >= 0.3 is 0 Å². The van der Waals surface area contributed by atoms with E-state index in [4.69, 9.17) is 0 Å². The van der Waals surface area contributed by atoms with Crippen molar-refractivity contribution in [2.24, 2.45) is 0 Å². The van der Waals surface area contributed by atoms with Gasteiger partial charge in [0.05, 0.1) is 11.1 Å². The smallest absolute Gasteiger partial charge is 0.0714 e. The van der Waals surface area contributed by atoms with Gasteiger partial charge in [-0.1, -0.05) is 206 Å². The van der Waals surface area contributed by atoms with Gasteiger partial charge in [-0.05, 0) is 112 Å². The Morgan fingerprint density at radius 1 is 0.300 bits per heavy atom. The highest BCUT2D eigenvalue weighted by atomic mass is 15.1. The fourth-order valence-electron chi connectivity index (χ4n) is 10.3. The highest BCUT2D eigenvalue weighted by Crippen LogP contribution is 2.61. The molecular weight excluding hydrogens is 723 g/mol. The minimum atomic E-state index is -0.565. The van der Waals surface area contributed by atoms with Crippen LogP contribution in [0.5, 0.6) is 0 Å². The quantitative estimate of drug-likeness (QED) is 0.153. The molecule has 0 amide bonds. The molecule has 0 N–H and O–H groups in total. The lowest BCUT2D eigenvalue weighted by atomic mass is 9.67. The summed E-state index contributed by atoms with van der Waals surface area (Å²) >= 11 is 0. The molecule has 0 spiro atoms. The number of hydrogen-bond acceptors (Lipinski definition) is 1. The Labute approximate surface area is 350 Å². The number of benzene rings is 11. The maximum absolute atomic E-state index is 2.51. The molecule has 12 rings (SSSR count). The van der Waals surface area contributed by atoms with Crippen LogP contribution in [0, 0.1) is 0 Å². The van der Waals surface area contributed by atoms with E-state index in [1.165, 1.54) is 87.6 Å². The van der Waals surface area contributed by atoms with E-state index in [1.807, 2.05) is 0 Å². The highest BCUT2D eigenvalue weighted by molar-refractivity contribution is 6.11. The van der Waals surface area contributed by atoms with Crippen LogP contribution in [0.2, 0.25) is 0 Å². The van der Waals surface area contributed by atoms with Crippen molar-refractivity contribution < 1.29 is 0 Å². The zero-order valence-electron chi connectivity index (χ0n) is 33.0. The highest BCUT2D eigenvalue weighted by Gasteiger charge is 2.48. The van der Waals surface area contributed by atoms with Crippen molar-refractivity contribution in [3.05, 3.63) is 259 Å². The molecule has 0 unspecified atom stereocenters. The summed E-state index contributed by atoms with van der Waals surface area (Å²) in [6.07, 6.45) is 0. The van der Waals surface area contributed by atoms with Crippen molar-refractivity contribution in [1.29, 1.82) is 0 Å². The van der Waals surface area contributed by atoms with Crippen molar-refractivity contribution in [3.63, 3.8) is 0 Å². The number of fused-ring (bicyclic) bond motifs is 9. The Hall–Kier alpha value is -7.74. The second-order valence-corrected chi connectivity index (χ2v) is 16.0. The molecule has 1 aliphatic rings. The molecule has 1 aliphatic carbocycles. The van der Waals surface area contributed by atoms with Gasteiger partial charge in [-0.25, -0.2) is 0 Å². The Balaban J connectivity index is 1.20. The Bertz CT molecular complexity index is 3260. The molecule has 1 heteroatoms. The zero-order chi connectivity index (χ0) is 39.6. The van der Waals surface area contributed by atoms with E-state index in [0.717, 1.165) is 17.1 Å². The Kier molecular flexibility index (Phi) is 7.83. The molecule has 11 aromatic carbocycles. The summed E-state index contributed by atoms with van der Waals surface area (Å²) in [6, 6.07) is 87.6. The maximum Gasteiger partial charge on any atom is 0.0714 e. The van der Waals surface area contributed by atoms with Crippen molar-refractivity contribution >= 4 is 60.2 Å². The van der Waals surface area contributed by atoms with Gasteiger partial charge in [0, 0.05) is 16.9 Å². The van der Waals surface area contributed by atoms with Gasteiger partial charge in [-0.15, -0.1) is 0 Å². The predicted octanol–water partition coefficient (Wildman–Crippen LogP) is 15.8. The summed E-state index contributed by atoms with van der Waals surface area (Å²) in [6.45, 7) is 0. The number of anilines is 3. The Morgan fingerprint density at radius 3 is 1.32 bits per heavy atom. The first-order valence-electron chi connectivity index (χ1n) is 20.8. The second-order valence-electron chi connectivity index (χ2n) is 16.0. The van der Waals surface area contributed by atoms with Crippen LogP contribution in [0.1, 0.15) is 22.3 Å². The van der Waals surface area contributed by atoms with E-state index in [-0.39, 0.29) is 0 Å². The first-order valence-corrected chi connectivity index (χ1v) is 20.8. The molecule has 0 atom stereocenters. The summed E-state index contributed by atoms with van der Waals surface area (Å²) in [7, 11) is 0. The largest absolute Gasteiger partial charge is 0.310 e. The molecule has 280 valence electrons. The third kappa shape index (κ3) is 5.13.